The Kier molecular flexibility index (Phi) is 4.19. The zero-order chi connectivity index (χ0) is 13.0. The topological polar surface area (TPSA) is 51.2 Å². The Morgan fingerprint density at radius 3 is 3.00 bits per heavy atom. The zero-order valence-corrected chi connectivity index (χ0v) is 9.79. The van der Waals surface area contributed by atoms with Crippen molar-refractivity contribution < 1.29 is 18.3 Å². The molecule has 18 heavy (non-hydrogen) atoms. The fourth-order valence-corrected chi connectivity index (χ4v) is 1.88. The first-order valence-electron chi connectivity index (χ1n) is 5.88. The summed E-state index contributed by atoms with van der Waals surface area (Å²) < 4.78 is 31.1. The van der Waals surface area contributed by atoms with Gasteiger partial charge in [0.05, 0.1) is 11.8 Å². The molecular weight excluding hydrogens is 242 g/mol. The molecule has 2 rings (SSSR count). The van der Waals surface area contributed by atoms with E-state index in [1.165, 1.54) is 0 Å². The molecule has 0 saturated carbocycles. The first-order valence-corrected chi connectivity index (χ1v) is 5.88. The van der Waals surface area contributed by atoms with Gasteiger partial charge in [-0.2, -0.15) is 13.8 Å². The lowest BCUT2D eigenvalue weighted by molar-refractivity contribution is -0.116. The molecule has 0 aromatic carbocycles. The third-order valence-corrected chi connectivity index (χ3v) is 2.81. The minimum Gasteiger partial charge on any atom is -0.378 e. The molecule has 1 aromatic heterocycles. The minimum absolute atomic E-state index is 0.103. The highest BCUT2D eigenvalue weighted by Crippen LogP contribution is 2.18. The standard InChI is InChI=1S/C12H14F2N2O2/c13-10-5-4-9(12(14)16-10)15-11(17)6-3-8-2-1-7-18-8/h4-5,8H,1-3,6-7H2,(H,15,17). The molecular formula is C12H14F2N2O2. The van der Waals surface area contributed by atoms with Crippen LogP contribution in [0.5, 0.6) is 0 Å². The van der Waals surface area contributed by atoms with Crippen molar-refractivity contribution in [2.75, 3.05) is 11.9 Å². The van der Waals surface area contributed by atoms with E-state index in [2.05, 4.69) is 10.3 Å². The van der Waals surface area contributed by atoms with Gasteiger partial charge >= 0.3 is 0 Å². The van der Waals surface area contributed by atoms with Crippen molar-refractivity contribution in [2.24, 2.45) is 0 Å². The quantitative estimate of drug-likeness (QED) is 0.841. The smallest absolute Gasteiger partial charge is 0.239 e. The second-order valence-corrected chi connectivity index (χ2v) is 4.19. The molecule has 1 unspecified atom stereocenters. The minimum atomic E-state index is -1.01. The summed E-state index contributed by atoms with van der Waals surface area (Å²) >= 11 is 0. The largest absolute Gasteiger partial charge is 0.378 e. The first kappa shape index (κ1) is 12.9. The molecule has 0 radical (unpaired) electrons. The predicted molar refractivity (Wildman–Crippen MR) is 61.0 cm³/mol. The van der Waals surface area contributed by atoms with Crippen LogP contribution in [0.3, 0.4) is 0 Å². The third kappa shape index (κ3) is 3.46. The number of nitrogens with zero attached hydrogens (tertiary/aromatic N) is 1. The zero-order valence-electron chi connectivity index (χ0n) is 9.79. The SMILES string of the molecule is O=C(CCC1CCCO1)Nc1ccc(F)nc1F. The van der Waals surface area contributed by atoms with Gasteiger partial charge in [0.2, 0.25) is 17.8 Å². The Morgan fingerprint density at radius 1 is 1.50 bits per heavy atom. The molecule has 1 saturated heterocycles. The lowest BCUT2D eigenvalue weighted by Gasteiger charge is -2.09. The van der Waals surface area contributed by atoms with E-state index in [0.29, 0.717) is 6.42 Å². The van der Waals surface area contributed by atoms with Gasteiger partial charge in [0, 0.05) is 13.0 Å². The van der Waals surface area contributed by atoms with Crippen LogP contribution in [0.2, 0.25) is 0 Å². The van der Waals surface area contributed by atoms with Crippen LogP contribution in [0.25, 0.3) is 0 Å². The highest BCUT2D eigenvalue weighted by Gasteiger charge is 2.17. The van der Waals surface area contributed by atoms with Crippen LogP contribution in [0, 0.1) is 11.9 Å². The molecule has 0 bridgehead atoms. The number of hydrogen-bond donors (Lipinski definition) is 1. The molecule has 0 spiro atoms. The van der Waals surface area contributed by atoms with Gasteiger partial charge in [-0.1, -0.05) is 0 Å². The normalized spacial score (nSPS) is 18.9. The fourth-order valence-electron chi connectivity index (χ4n) is 1.88. The monoisotopic (exact) mass is 256 g/mol. The van der Waals surface area contributed by atoms with Gasteiger partial charge in [-0.3, -0.25) is 4.79 Å². The van der Waals surface area contributed by atoms with E-state index in [4.69, 9.17) is 4.74 Å². The van der Waals surface area contributed by atoms with Crippen LogP contribution in [0.4, 0.5) is 14.5 Å². The summed E-state index contributed by atoms with van der Waals surface area (Å²) in [4.78, 5) is 14.5. The number of nitrogens with one attached hydrogen (secondary N) is 1. The van der Waals surface area contributed by atoms with Crippen LogP contribution < -0.4 is 5.32 Å². The molecule has 1 aliphatic heterocycles. The van der Waals surface area contributed by atoms with Gasteiger partial charge in [-0.05, 0) is 31.4 Å². The fraction of sp³-hybridized carbons (Fsp3) is 0.500. The van der Waals surface area contributed by atoms with Crippen LogP contribution in [-0.4, -0.2) is 23.6 Å². The van der Waals surface area contributed by atoms with E-state index in [1.807, 2.05) is 0 Å². The number of pyridine rings is 1. The van der Waals surface area contributed by atoms with Crippen molar-refractivity contribution in [1.82, 2.24) is 4.98 Å². The average molecular weight is 256 g/mol. The van der Waals surface area contributed by atoms with Gasteiger partial charge in [-0.25, -0.2) is 0 Å². The van der Waals surface area contributed by atoms with Crippen LogP contribution in [0.1, 0.15) is 25.7 Å². The van der Waals surface area contributed by atoms with Gasteiger partial charge in [-0.15, -0.1) is 0 Å². The van der Waals surface area contributed by atoms with Crippen molar-refractivity contribution in [3.8, 4) is 0 Å². The van der Waals surface area contributed by atoms with Gasteiger partial charge < -0.3 is 10.1 Å². The molecule has 6 heteroatoms. The van der Waals surface area contributed by atoms with E-state index < -0.39 is 11.9 Å². The summed E-state index contributed by atoms with van der Waals surface area (Å²) in [5.41, 5.74) is -0.103. The Bertz CT molecular complexity index is 434. The van der Waals surface area contributed by atoms with Crippen molar-refractivity contribution in [3.63, 3.8) is 0 Å². The summed E-state index contributed by atoms with van der Waals surface area (Å²) in [5.74, 6) is -2.25. The second kappa shape index (κ2) is 5.86. The average Bonchev–Trinajstić information content (AvgIpc) is 2.83. The molecule has 1 atom stereocenters. The highest BCUT2D eigenvalue weighted by atomic mass is 19.1. The van der Waals surface area contributed by atoms with E-state index in [0.717, 1.165) is 31.6 Å². The summed E-state index contributed by atoms with van der Waals surface area (Å²) in [6.07, 6.45) is 2.96. The number of aromatic nitrogens is 1. The van der Waals surface area contributed by atoms with Gasteiger partial charge in [0.1, 0.15) is 0 Å². The molecule has 1 aliphatic rings. The maximum absolute atomic E-state index is 13.2. The number of hydrogen-bond acceptors (Lipinski definition) is 3. The van der Waals surface area contributed by atoms with Crippen molar-refractivity contribution in [1.29, 1.82) is 0 Å². The van der Waals surface area contributed by atoms with Gasteiger partial charge in [0.15, 0.2) is 0 Å². The Labute approximate surface area is 103 Å². The lowest BCUT2D eigenvalue weighted by Crippen LogP contribution is -2.16. The van der Waals surface area contributed by atoms with Crippen LogP contribution in [0.15, 0.2) is 12.1 Å². The summed E-state index contributed by atoms with van der Waals surface area (Å²) in [7, 11) is 0. The second-order valence-electron chi connectivity index (χ2n) is 4.19. The van der Waals surface area contributed by atoms with Crippen molar-refractivity contribution in [2.45, 2.75) is 31.8 Å². The van der Waals surface area contributed by atoms with E-state index in [9.17, 15) is 13.6 Å². The molecule has 98 valence electrons. The van der Waals surface area contributed by atoms with Crippen LogP contribution in [-0.2, 0) is 9.53 Å². The summed E-state index contributed by atoms with van der Waals surface area (Å²) in [6, 6.07) is 2.15. The van der Waals surface area contributed by atoms with E-state index in [1.54, 1.807) is 0 Å². The molecule has 1 amide bonds. The molecule has 0 aliphatic carbocycles. The number of ether oxygens (including phenoxy) is 1. The van der Waals surface area contributed by atoms with E-state index in [-0.39, 0.29) is 24.1 Å². The first-order chi connectivity index (χ1) is 8.65. The number of amides is 1. The maximum atomic E-state index is 13.2. The summed E-state index contributed by atoms with van der Waals surface area (Å²) in [5, 5.41) is 2.36. The third-order valence-electron chi connectivity index (χ3n) is 2.81. The highest BCUT2D eigenvalue weighted by molar-refractivity contribution is 5.90. The molecule has 2 heterocycles. The van der Waals surface area contributed by atoms with Crippen LogP contribution >= 0.6 is 0 Å². The summed E-state index contributed by atoms with van der Waals surface area (Å²) in [6.45, 7) is 0.739. The predicted octanol–water partition coefficient (Wildman–Crippen LogP) is 2.26. The maximum Gasteiger partial charge on any atom is 0.239 e. The van der Waals surface area contributed by atoms with Gasteiger partial charge in [0.25, 0.3) is 0 Å². The number of rotatable bonds is 4. The van der Waals surface area contributed by atoms with E-state index >= 15 is 0 Å². The molecule has 1 aromatic rings. The Balaban J connectivity index is 1.82. The number of carbonyl (C=O) groups is 1. The number of anilines is 1. The molecule has 4 nitrogen and oxygen atoms in total. The number of halogens is 2. The molecule has 1 N–H and O–H groups in total. The molecule has 1 fully saturated rings. The lowest BCUT2D eigenvalue weighted by atomic mass is 10.1. The Morgan fingerprint density at radius 2 is 2.33 bits per heavy atom. The Hall–Kier alpha value is -1.56. The van der Waals surface area contributed by atoms with Crippen molar-refractivity contribution in [3.05, 3.63) is 24.0 Å². The van der Waals surface area contributed by atoms with Crippen molar-refractivity contribution >= 4 is 11.6 Å². The number of carbonyl (C=O) groups excluding carboxylic acids is 1.